The van der Waals surface area contributed by atoms with Gasteiger partial charge in [-0.2, -0.15) is 0 Å². The Morgan fingerprint density at radius 3 is 2.52 bits per heavy atom. The zero-order valence-electron chi connectivity index (χ0n) is 14.9. The van der Waals surface area contributed by atoms with Crippen LogP contribution in [0.15, 0.2) is 21.3 Å². The normalized spacial score (nSPS) is 24.4. The third-order valence-electron chi connectivity index (χ3n) is 5.35. The number of rotatable bonds is 2. The van der Waals surface area contributed by atoms with Crippen molar-refractivity contribution in [3.8, 4) is 5.75 Å². The van der Waals surface area contributed by atoms with Crippen LogP contribution in [0.5, 0.6) is 5.75 Å². The van der Waals surface area contributed by atoms with Gasteiger partial charge < -0.3 is 14.3 Å². The Hall–Kier alpha value is -1.85. The second kappa shape index (κ2) is 6.46. The van der Waals surface area contributed by atoms with E-state index in [4.69, 9.17) is 9.15 Å². The largest absolute Gasteiger partial charge is 0.507 e. The van der Waals surface area contributed by atoms with Gasteiger partial charge in [0.25, 0.3) is 0 Å². The van der Waals surface area contributed by atoms with Crippen molar-refractivity contribution < 1.29 is 14.3 Å². The smallest absolute Gasteiger partial charge is 0.339 e. The van der Waals surface area contributed by atoms with E-state index in [9.17, 15) is 9.90 Å². The molecule has 2 aliphatic rings. The molecule has 2 aromatic rings. The average Bonchev–Trinajstić information content (AvgIpc) is 2.57. The number of hydrogen-bond donors (Lipinski definition) is 1. The lowest BCUT2D eigenvalue weighted by Crippen LogP contribution is -2.44. The first-order chi connectivity index (χ1) is 12.0. The van der Waals surface area contributed by atoms with Crippen LogP contribution >= 0.6 is 0 Å². The molecule has 4 rings (SSSR count). The van der Waals surface area contributed by atoms with Crippen molar-refractivity contribution in [1.29, 1.82) is 0 Å². The van der Waals surface area contributed by atoms with E-state index >= 15 is 0 Å². The van der Waals surface area contributed by atoms with Crippen molar-refractivity contribution in [2.24, 2.45) is 0 Å². The second-order valence-corrected chi connectivity index (χ2v) is 7.45. The second-order valence-electron chi connectivity index (χ2n) is 7.45. The molecule has 1 N–H and O–H groups in total. The summed E-state index contributed by atoms with van der Waals surface area (Å²) in [4.78, 5) is 14.7. The summed E-state index contributed by atoms with van der Waals surface area (Å²) >= 11 is 0. The highest BCUT2D eigenvalue weighted by Gasteiger charge is 2.26. The molecule has 5 heteroatoms. The molecule has 0 saturated carbocycles. The monoisotopic (exact) mass is 343 g/mol. The van der Waals surface area contributed by atoms with E-state index in [1.54, 1.807) is 6.07 Å². The van der Waals surface area contributed by atoms with E-state index < -0.39 is 0 Å². The van der Waals surface area contributed by atoms with Crippen molar-refractivity contribution in [3.63, 3.8) is 0 Å². The van der Waals surface area contributed by atoms with E-state index in [1.165, 1.54) is 0 Å². The minimum atomic E-state index is -0.238. The van der Waals surface area contributed by atoms with Crippen molar-refractivity contribution in [1.82, 2.24) is 4.90 Å². The van der Waals surface area contributed by atoms with Crippen LogP contribution in [0, 0.1) is 0 Å². The van der Waals surface area contributed by atoms with Crippen molar-refractivity contribution in [3.05, 3.63) is 39.2 Å². The molecule has 1 aliphatic heterocycles. The van der Waals surface area contributed by atoms with Crippen LogP contribution in [0.25, 0.3) is 11.0 Å². The maximum atomic E-state index is 12.5. The Morgan fingerprint density at radius 2 is 1.80 bits per heavy atom. The summed E-state index contributed by atoms with van der Waals surface area (Å²) in [6.07, 6.45) is 4.15. The molecular formula is C20H25NO4. The van der Waals surface area contributed by atoms with Crippen LogP contribution in [-0.2, 0) is 24.1 Å². The molecule has 0 amide bonds. The zero-order chi connectivity index (χ0) is 17.6. The predicted octanol–water partition coefficient (Wildman–Crippen LogP) is 2.99. The lowest BCUT2D eigenvalue weighted by molar-refractivity contribution is -0.0705. The van der Waals surface area contributed by atoms with E-state index in [1.807, 2.05) is 6.07 Å². The van der Waals surface area contributed by atoms with Gasteiger partial charge in [0.15, 0.2) is 0 Å². The number of hydrogen-bond acceptors (Lipinski definition) is 5. The summed E-state index contributed by atoms with van der Waals surface area (Å²) < 4.78 is 11.5. The number of aromatic hydroxyl groups is 1. The van der Waals surface area contributed by atoms with Crippen LogP contribution in [-0.4, -0.2) is 35.3 Å². The van der Waals surface area contributed by atoms with E-state index in [0.29, 0.717) is 17.7 Å². The molecule has 0 spiro atoms. The Kier molecular flexibility index (Phi) is 4.29. The summed E-state index contributed by atoms with van der Waals surface area (Å²) in [7, 11) is 0. The minimum absolute atomic E-state index is 0.153. The lowest BCUT2D eigenvalue weighted by Gasteiger charge is -2.35. The highest BCUT2D eigenvalue weighted by molar-refractivity contribution is 5.86. The third-order valence-corrected chi connectivity index (χ3v) is 5.35. The number of morpholine rings is 1. The number of fused-ring (bicyclic) bond motifs is 3. The van der Waals surface area contributed by atoms with E-state index in [2.05, 4.69) is 18.7 Å². The number of phenols is 1. The first-order valence-electron chi connectivity index (χ1n) is 9.20. The van der Waals surface area contributed by atoms with Crippen LogP contribution in [0.3, 0.4) is 0 Å². The highest BCUT2D eigenvalue weighted by atomic mass is 16.5. The van der Waals surface area contributed by atoms with Gasteiger partial charge in [-0.1, -0.05) is 0 Å². The quantitative estimate of drug-likeness (QED) is 0.850. The van der Waals surface area contributed by atoms with E-state index in [0.717, 1.165) is 55.3 Å². The van der Waals surface area contributed by atoms with Crippen molar-refractivity contribution in [2.45, 2.75) is 58.3 Å². The van der Waals surface area contributed by atoms with Gasteiger partial charge in [0.1, 0.15) is 11.3 Å². The molecule has 0 unspecified atom stereocenters. The maximum Gasteiger partial charge on any atom is 0.339 e. The molecule has 5 nitrogen and oxygen atoms in total. The molecule has 2 atom stereocenters. The van der Waals surface area contributed by atoms with Crippen LogP contribution in [0.2, 0.25) is 0 Å². The number of phenolic OH excluding ortho intramolecular Hbond substituents is 1. The SMILES string of the molecule is C[C@@H]1CN(Cc2c(O)ccc3c4c(c(=O)oc23)CCCC4)C[C@H](C)O1. The maximum absolute atomic E-state index is 12.5. The molecule has 1 aliphatic carbocycles. The standard InChI is InChI=1S/C20H25NO4/c1-12-9-21(10-13(2)24-12)11-17-18(22)8-7-15-14-5-3-4-6-16(14)20(23)25-19(15)17/h7-8,12-13,22H,3-6,9-11H2,1-2H3/t12-,13+. The van der Waals surface area contributed by atoms with Crippen molar-refractivity contribution in [2.75, 3.05) is 13.1 Å². The lowest BCUT2D eigenvalue weighted by atomic mass is 9.90. The molecule has 1 saturated heterocycles. The van der Waals surface area contributed by atoms with E-state index in [-0.39, 0.29) is 23.6 Å². The predicted molar refractivity (Wildman–Crippen MR) is 96.1 cm³/mol. The molecule has 1 aromatic carbocycles. The number of ether oxygens (including phenoxy) is 1. The molecule has 134 valence electrons. The summed E-state index contributed by atoms with van der Waals surface area (Å²) in [6, 6.07) is 3.63. The average molecular weight is 343 g/mol. The number of benzene rings is 1. The van der Waals surface area contributed by atoms with Gasteiger partial charge in [-0.25, -0.2) is 4.79 Å². The summed E-state index contributed by atoms with van der Waals surface area (Å²) in [5.41, 5.74) is 2.96. The van der Waals surface area contributed by atoms with Gasteiger partial charge in [0.2, 0.25) is 0 Å². The van der Waals surface area contributed by atoms with Gasteiger partial charge in [0, 0.05) is 30.6 Å². The molecule has 0 radical (unpaired) electrons. The first kappa shape index (κ1) is 16.6. The highest BCUT2D eigenvalue weighted by Crippen LogP contribution is 2.33. The van der Waals surface area contributed by atoms with Gasteiger partial charge in [-0.15, -0.1) is 0 Å². The van der Waals surface area contributed by atoms with Crippen LogP contribution in [0.4, 0.5) is 0 Å². The topological polar surface area (TPSA) is 62.9 Å². The molecule has 1 aromatic heterocycles. The molecule has 25 heavy (non-hydrogen) atoms. The van der Waals surface area contributed by atoms with Crippen LogP contribution in [0.1, 0.15) is 43.4 Å². The van der Waals surface area contributed by atoms with Gasteiger partial charge >= 0.3 is 5.63 Å². The van der Waals surface area contributed by atoms with Crippen molar-refractivity contribution >= 4 is 11.0 Å². The van der Waals surface area contributed by atoms with Gasteiger partial charge in [-0.3, -0.25) is 4.90 Å². The fourth-order valence-electron chi connectivity index (χ4n) is 4.34. The Labute approximate surface area is 147 Å². The first-order valence-corrected chi connectivity index (χ1v) is 9.20. The molecular weight excluding hydrogens is 318 g/mol. The third kappa shape index (κ3) is 3.07. The Balaban J connectivity index is 1.79. The zero-order valence-corrected chi connectivity index (χ0v) is 14.9. The summed E-state index contributed by atoms with van der Waals surface area (Å²) in [5.74, 6) is 0.193. The molecule has 1 fully saturated rings. The minimum Gasteiger partial charge on any atom is -0.507 e. The number of nitrogens with zero attached hydrogens (tertiary/aromatic N) is 1. The fraction of sp³-hybridized carbons (Fsp3) is 0.550. The Morgan fingerprint density at radius 1 is 1.12 bits per heavy atom. The summed E-state index contributed by atoms with van der Waals surface area (Å²) in [6.45, 7) is 6.28. The Bertz CT molecular complexity index is 847. The van der Waals surface area contributed by atoms with Gasteiger partial charge in [-0.05, 0) is 57.2 Å². The molecule has 2 heterocycles. The van der Waals surface area contributed by atoms with Crippen LogP contribution < -0.4 is 5.63 Å². The fourth-order valence-corrected chi connectivity index (χ4v) is 4.34. The number of aryl methyl sites for hydroxylation is 1. The molecule has 0 bridgehead atoms. The van der Waals surface area contributed by atoms with Gasteiger partial charge in [0.05, 0.1) is 17.8 Å². The summed E-state index contributed by atoms with van der Waals surface area (Å²) in [5, 5.41) is 11.4.